The monoisotopic (exact) mass is 216 g/mol. The van der Waals surface area contributed by atoms with E-state index < -0.39 is 12.0 Å². The highest BCUT2D eigenvalue weighted by molar-refractivity contribution is 7.98. The van der Waals surface area contributed by atoms with E-state index in [1.807, 2.05) is 7.05 Å². The van der Waals surface area contributed by atoms with Crippen LogP contribution in [-0.4, -0.2) is 37.6 Å². The zero-order chi connectivity index (χ0) is 10.6. The molecule has 7 heteroatoms. The summed E-state index contributed by atoms with van der Waals surface area (Å²) in [6, 6.07) is -0.812. The fraction of sp³-hybridized carbons (Fsp3) is 0.571. The van der Waals surface area contributed by atoms with Crippen LogP contribution >= 0.6 is 11.8 Å². The Morgan fingerprint density at radius 3 is 3.07 bits per heavy atom. The van der Waals surface area contributed by atoms with Gasteiger partial charge < -0.3 is 15.4 Å². The molecular formula is C7H12N4O2S. The van der Waals surface area contributed by atoms with Crippen molar-refractivity contribution in [1.82, 2.24) is 14.8 Å². The average Bonchev–Trinajstić information content (AvgIpc) is 2.51. The van der Waals surface area contributed by atoms with Crippen molar-refractivity contribution in [1.29, 1.82) is 0 Å². The van der Waals surface area contributed by atoms with Gasteiger partial charge in [0.1, 0.15) is 18.2 Å². The summed E-state index contributed by atoms with van der Waals surface area (Å²) in [5.74, 6) is 0.836. The zero-order valence-corrected chi connectivity index (χ0v) is 8.57. The van der Waals surface area contributed by atoms with Crippen molar-refractivity contribution in [2.45, 2.75) is 11.8 Å². The van der Waals surface area contributed by atoms with Gasteiger partial charge >= 0.3 is 5.97 Å². The van der Waals surface area contributed by atoms with E-state index in [9.17, 15) is 4.79 Å². The minimum Gasteiger partial charge on any atom is -0.480 e. The molecule has 1 aromatic rings. The number of aliphatic carboxylic acids is 1. The fourth-order valence-corrected chi connectivity index (χ4v) is 1.74. The van der Waals surface area contributed by atoms with Crippen molar-refractivity contribution in [2.24, 2.45) is 12.8 Å². The Labute approximate surface area is 85.5 Å². The lowest BCUT2D eigenvalue weighted by Crippen LogP contribution is -2.32. The Bertz CT molecular complexity index is 314. The van der Waals surface area contributed by atoms with Crippen LogP contribution in [0.3, 0.4) is 0 Å². The highest BCUT2D eigenvalue weighted by Crippen LogP contribution is 2.09. The maximum absolute atomic E-state index is 10.4. The number of rotatable bonds is 5. The Kier molecular flexibility index (Phi) is 3.90. The third-order valence-corrected chi connectivity index (χ3v) is 2.71. The molecule has 1 atom stereocenters. The van der Waals surface area contributed by atoms with Gasteiger partial charge in [-0.3, -0.25) is 4.79 Å². The van der Waals surface area contributed by atoms with Crippen LogP contribution in [0.2, 0.25) is 0 Å². The number of carboxylic acid groups (broad SMARTS) is 1. The molecule has 0 spiro atoms. The van der Waals surface area contributed by atoms with Crippen LogP contribution in [0.4, 0.5) is 0 Å². The molecule has 0 saturated carbocycles. The molecule has 0 fully saturated rings. The molecule has 0 aromatic carbocycles. The number of aryl methyl sites for hydroxylation is 1. The standard InChI is InChI=1S/C7H12N4O2S/c1-11-4-9-10-6(11)3-14-2-5(8)7(12)13/h4-5H,2-3,8H2,1H3,(H,12,13)/t5-/m0/s1. The second-order valence-corrected chi connectivity index (χ2v) is 3.85. The topological polar surface area (TPSA) is 94.0 Å². The second-order valence-electron chi connectivity index (χ2n) is 2.82. The molecule has 1 heterocycles. The summed E-state index contributed by atoms with van der Waals surface area (Å²) in [5, 5.41) is 16.1. The van der Waals surface area contributed by atoms with Crippen LogP contribution < -0.4 is 5.73 Å². The van der Waals surface area contributed by atoms with Crippen LogP contribution in [0.5, 0.6) is 0 Å². The maximum atomic E-state index is 10.4. The molecule has 0 unspecified atom stereocenters. The Hall–Kier alpha value is -1.08. The van der Waals surface area contributed by atoms with Crippen LogP contribution in [0.25, 0.3) is 0 Å². The summed E-state index contributed by atoms with van der Waals surface area (Å²) in [5.41, 5.74) is 5.33. The minimum absolute atomic E-state index is 0.377. The van der Waals surface area contributed by atoms with Gasteiger partial charge in [0.2, 0.25) is 0 Å². The van der Waals surface area contributed by atoms with Crippen molar-refractivity contribution in [3.63, 3.8) is 0 Å². The van der Waals surface area contributed by atoms with Gasteiger partial charge in [0.15, 0.2) is 0 Å². The van der Waals surface area contributed by atoms with E-state index in [1.165, 1.54) is 11.8 Å². The Morgan fingerprint density at radius 2 is 2.57 bits per heavy atom. The lowest BCUT2D eigenvalue weighted by molar-refractivity contribution is -0.137. The predicted octanol–water partition coefficient (Wildman–Crippen LogP) is -0.540. The van der Waals surface area contributed by atoms with Crippen molar-refractivity contribution < 1.29 is 9.90 Å². The molecule has 0 aliphatic heterocycles. The molecule has 0 aliphatic carbocycles. The smallest absolute Gasteiger partial charge is 0.321 e. The number of carbonyl (C=O) groups is 1. The van der Waals surface area contributed by atoms with Crippen molar-refractivity contribution in [3.05, 3.63) is 12.2 Å². The highest BCUT2D eigenvalue weighted by Gasteiger charge is 2.11. The van der Waals surface area contributed by atoms with E-state index in [0.29, 0.717) is 11.5 Å². The molecule has 0 amide bonds. The van der Waals surface area contributed by atoms with Gasteiger partial charge in [-0.2, -0.15) is 11.8 Å². The number of hydrogen-bond donors (Lipinski definition) is 2. The molecule has 0 saturated heterocycles. The number of carboxylic acids is 1. The zero-order valence-electron chi connectivity index (χ0n) is 7.75. The quantitative estimate of drug-likeness (QED) is 0.686. The molecule has 6 nitrogen and oxygen atoms in total. The van der Waals surface area contributed by atoms with Crippen LogP contribution in [-0.2, 0) is 17.6 Å². The number of thioether (sulfide) groups is 1. The summed E-state index contributed by atoms with van der Waals surface area (Å²) in [4.78, 5) is 10.4. The Morgan fingerprint density at radius 1 is 1.86 bits per heavy atom. The molecule has 1 rings (SSSR count). The van der Waals surface area contributed by atoms with Gasteiger partial charge in [-0.15, -0.1) is 10.2 Å². The maximum Gasteiger partial charge on any atom is 0.321 e. The molecule has 78 valence electrons. The summed E-state index contributed by atoms with van der Waals surface area (Å²) in [6.45, 7) is 0. The number of aromatic nitrogens is 3. The molecule has 14 heavy (non-hydrogen) atoms. The second kappa shape index (κ2) is 4.97. The number of nitrogens with zero attached hydrogens (tertiary/aromatic N) is 3. The van der Waals surface area contributed by atoms with E-state index in [-0.39, 0.29) is 0 Å². The first kappa shape index (κ1) is 11.0. The first-order valence-electron chi connectivity index (χ1n) is 4.00. The normalized spacial score (nSPS) is 12.7. The minimum atomic E-state index is -0.976. The van der Waals surface area contributed by atoms with Gasteiger partial charge in [-0.1, -0.05) is 0 Å². The fourth-order valence-electron chi connectivity index (χ4n) is 0.786. The van der Waals surface area contributed by atoms with Gasteiger partial charge in [0, 0.05) is 12.8 Å². The van der Waals surface area contributed by atoms with E-state index >= 15 is 0 Å². The molecule has 0 bridgehead atoms. The molecule has 1 aromatic heterocycles. The van der Waals surface area contributed by atoms with Gasteiger partial charge in [-0.05, 0) is 0 Å². The molecule has 3 N–H and O–H groups in total. The summed E-state index contributed by atoms with van der Waals surface area (Å²) >= 11 is 1.43. The summed E-state index contributed by atoms with van der Waals surface area (Å²) in [7, 11) is 1.84. The third-order valence-electron chi connectivity index (χ3n) is 1.65. The lowest BCUT2D eigenvalue weighted by atomic mass is 10.4. The van der Waals surface area contributed by atoms with E-state index in [2.05, 4.69) is 10.2 Å². The summed E-state index contributed by atoms with van der Waals surface area (Å²) < 4.78 is 1.79. The first-order valence-corrected chi connectivity index (χ1v) is 5.15. The average molecular weight is 216 g/mol. The van der Waals surface area contributed by atoms with E-state index in [1.54, 1.807) is 10.9 Å². The summed E-state index contributed by atoms with van der Waals surface area (Å²) in [6.07, 6.45) is 1.60. The molecular weight excluding hydrogens is 204 g/mol. The molecule has 0 radical (unpaired) electrons. The van der Waals surface area contributed by atoms with Crippen LogP contribution in [0, 0.1) is 0 Å². The lowest BCUT2D eigenvalue weighted by Gasteiger charge is -2.04. The number of hydrogen-bond acceptors (Lipinski definition) is 5. The highest BCUT2D eigenvalue weighted by atomic mass is 32.2. The predicted molar refractivity (Wildman–Crippen MR) is 52.8 cm³/mol. The SMILES string of the molecule is Cn1cnnc1CSC[C@H](N)C(=O)O. The van der Waals surface area contributed by atoms with Gasteiger partial charge in [-0.25, -0.2) is 0 Å². The van der Waals surface area contributed by atoms with Crippen molar-refractivity contribution >= 4 is 17.7 Å². The van der Waals surface area contributed by atoms with Crippen molar-refractivity contribution in [3.8, 4) is 0 Å². The largest absolute Gasteiger partial charge is 0.480 e. The molecule has 0 aliphatic rings. The first-order chi connectivity index (χ1) is 6.61. The van der Waals surface area contributed by atoms with Crippen LogP contribution in [0.1, 0.15) is 5.82 Å². The van der Waals surface area contributed by atoms with E-state index in [4.69, 9.17) is 10.8 Å². The van der Waals surface area contributed by atoms with Gasteiger partial charge in [0.25, 0.3) is 0 Å². The third kappa shape index (κ3) is 3.00. The van der Waals surface area contributed by atoms with E-state index in [0.717, 1.165) is 5.82 Å². The number of nitrogens with two attached hydrogens (primary N) is 1. The van der Waals surface area contributed by atoms with Crippen LogP contribution in [0.15, 0.2) is 6.33 Å². The Balaban J connectivity index is 2.29. The van der Waals surface area contributed by atoms with Gasteiger partial charge in [0.05, 0.1) is 5.75 Å². The van der Waals surface area contributed by atoms with Crippen molar-refractivity contribution in [2.75, 3.05) is 5.75 Å².